The van der Waals surface area contributed by atoms with Gasteiger partial charge in [0.1, 0.15) is 5.82 Å². The van der Waals surface area contributed by atoms with Crippen LogP contribution in [0.25, 0.3) is 0 Å². The molecule has 0 N–H and O–H groups in total. The standard InChI is InChI=1S/C14H13BrFNO2S/c1-2-17(13-5-3-4-12(16)10-13)20(18,19)14-8-6-11(15)7-9-14/h3-10H,2H2,1H3. The van der Waals surface area contributed by atoms with Crippen LogP contribution in [0.5, 0.6) is 0 Å². The Morgan fingerprint density at radius 1 is 1.15 bits per heavy atom. The summed E-state index contributed by atoms with van der Waals surface area (Å²) in [5.41, 5.74) is 0.315. The van der Waals surface area contributed by atoms with Crippen LogP contribution in [0.1, 0.15) is 6.92 Å². The van der Waals surface area contributed by atoms with Crippen molar-refractivity contribution >= 4 is 31.6 Å². The molecule has 0 saturated carbocycles. The molecule has 0 saturated heterocycles. The van der Waals surface area contributed by atoms with Gasteiger partial charge < -0.3 is 0 Å². The number of halogens is 2. The molecule has 0 aromatic heterocycles. The normalized spacial score (nSPS) is 11.3. The van der Waals surface area contributed by atoms with E-state index in [9.17, 15) is 12.8 Å². The fourth-order valence-electron chi connectivity index (χ4n) is 1.86. The van der Waals surface area contributed by atoms with Gasteiger partial charge in [-0.05, 0) is 49.4 Å². The fourth-order valence-corrected chi connectivity index (χ4v) is 3.59. The van der Waals surface area contributed by atoms with Crippen LogP contribution in [-0.2, 0) is 10.0 Å². The summed E-state index contributed by atoms with van der Waals surface area (Å²) in [5, 5.41) is 0. The van der Waals surface area contributed by atoms with Crippen LogP contribution in [0.2, 0.25) is 0 Å². The Bertz CT molecular complexity index is 701. The van der Waals surface area contributed by atoms with E-state index in [1.54, 1.807) is 25.1 Å². The highest BCUT2D eigenvalue weighted by atomic mass is 79.9. The number of rotatable bonds is 4. The van der Waals surface area contributed by atoms with Crippen molar-refractivity contribution in [1.29, 1.82) is 0 Å². The summed E-state index contributed by atoms with van der Waals surface area (Å²) >= 11 is 3.26. The molecule has 0 aliphatic rings. The van der Waals surface area contributed by atoms with Gasteiger partial charge in [-0.25, -0.2) is 12.8 Å². The first-order valence-corrected chi connectivity index (χ1v) is 8.22. The molecule has 20 heavy (non-hydrogen) atoms. The zero-order valence-electron chi connectivity index (χ0n) is 10.8. The van der Waals surface area contributed by atoms with Crippen LogP contribution in [0.3, 0.4) is 0 Å². The Hall–Kier alpha value is -1.40. The van der Waals surface area contributed by atoms with Crippen molar-refractivity contribution in [2.24, 2.45) is 0 Å². The van der Waals surface area contributed by atoms with E-state index >= 15 is 0 Å². The predicted molar refractivity (Wildman–Crippen MR) is 80.7 cm³/mol. The highest BCUT2D eigenvalue weighted by Gasteiger charge is 2.23. The fraction of sp³-hybridized carbons (Fsp3) is 0.143. The second-order valence-electron chi connectivity index (χ2n) is 4.10. The molecule has 0 bridgehead atoms. The molecular weight excluding hydrogens is 345 g/mol. The SMILES string of the molecule is CCN(c1cccc(F)c1)S(=O)(=O)c1ccc(Br)cc1. The Balaban J connectivity index is 2.47. The summed E-state index contributed by atoms with van der Waals surface area (Å²) in [5.74, 6) is -0.466. The number of sulfonamides is 1. The number of nitrogens with zero attached hydrogens (tertiary/aromatic N) is 1. The lowest BCUT2D eigenvalue weighted by molar-refractivity contribution is 0.591. The Morgan fingerprint density at radius 2 is 1.80 bits per heavy atom. The van der Waals surface area contributed by atoms with E-state index in [1.807, 2.05) is 0 Å². The average Bonchev–Trinajstić information content (AvgIpc) is 2.40. The Labute approximate surface area is 126 Å². The van der Waals surface area contributed by atoms with Crippen LogP contribution in [0, 0.1) is 5.82 Å². The molecule has 0 atom stereocenters. The topological polar surface area (TPSA) is 37.4 Å². The summed E-state index contributed by atoms with van der Waals surface area (Å²) in [6, 6.07) is 11.9. The van der Waals surface area contributed by atoms with Crippen LogP contribution < -0.4 is 4.31 Å². The highest BCUT2D eigenvalue weighted by Crippen LogP contribution is 2.25. The highest BCUT2D eigenvalue weighted by molar-refractivity contribution is 9.10. The Kier molecular flexibility index (Phi) is 4.45. The van der Waals surface area contributed by atoms with Crippen LogP contribution in [0.4, 0.5) is 10.1 Å². The van der Waals surface area contributed by atoms with E-state index in [4.69, 9.17) is 0 Å². The van der Waals surface area contributed by atoms with Crippen molar-refractivity contribution in [2.45, 2.75) is 11.8 Å². The lowest BCUT2D eigenvalue weighted by atomic mass is 10.3. The van der Waals surface area contributed by atoms with Gasteiger partial charge in [0.15, 0.2) is 0 Å². The second kappa shape index (κ2) is 5.93. The van der Waals surface area contributed by atoms with Gasteiger partial charge in [-0.15, -0.1) is 0 Å². The molecule has 0 aliphatic heterocycles. The summed E-state index contributed by atoms with van der Waals surface area (Å²) in [7, 11) is -3.69. The van der Waals surface area contributed by atoms with E-state index in [2.05, 4.69) is 15.9 Å². The maximum Gasteiger partial charge on any atom is 0.264 e. The molecule has 0 heterocycles. The molecule has 0 aliphatic carbocycles. The van der Waals surface area contributed by atoms with Gasteiger partial charge in [-0.1, -0.05) is 22.0 Å². The van der Waals surface area contributed by atoms with Crippen molar-refractivity contribution in [3.8, 4) is 0 Å². The van der Waals surface area contributed by atoms with Gasteiger partial charge >= 0.3 is 0 Å². The minimum atomic E-state index is -3.69. The average molecular weight is 358 g/mol. The molecule has 0 unspecified atom stereocenters. The summed E-state index contributed by atoms with van der Waals surface area (Å²) < 4.78 is 40.4. The first kappa shape index (κ1) is 15.0. The first-order valence-electron chi connectivity index (χ1n) is 5.99. The molecule has 0 radical (unpaired) electrons. The Morgan fingerprint density at radius 3 is 2.35 bits per heavy atom. The third kappa shape index (κ3) is 3.02. The number of anilines is 1. The third-order valence-electron chi connectivity index (χ3n) is 2.79. The van der Waals surface area contributed by atoms with Gasteiger partial charge in [-0.2, -0.15) is 0 Å². The molecule has 6 heteroatoms. The van der Waals surface area contributed by atoms with Crippen molar-refractivity contribution in [1.82, 2.24) is 0 Å². The zero-order chi connectivity index (χ0) is 14.8. The van der Waals surface area contributed by atoms with E-state index < -0.39 is 15.8 Å². The zero-order valence-corrected chi connectivity index (χ0v) is 13.2. The maximum atomic E-state index is 13.3. The van der Waals surface area contributed by atoms with E-state index in [0.717, 1.165) is 4.47 Å². The van der Waals surface area contributed by atoms with E-state index in [-0.39, 0.29) is 11.4 Å². The largest absolute Gasteiger partial charge is 0.267 e. The quantitative estimate of drug-likeness (QED) is 0.834. The van der Waals surface area contributed by atoms with Crippen LogP contribution in [-0.4, -0.2) is 15.0 Å². The number of hydrogen-bond acceptors (Lipinski definition) is 2. The molecule has 0 amide bonds. The monoisotopic (exact) mass is 357 g/mol. The molecule has 106 valence electrons. The lowest BCUT2D eigenvalue weighted by Crippen LogP contribution is -2.30. The van der Waals surface area contributed by atoms with Gasteiger partial charge in [0.05, 0.1) is 10.6 Å². The van der Waals surface area contributed by atoms with Crippen LogP contribution in [0.15, 0.2) is 57.9 Å². The molecule has 2 rings (SSSR count). The van der Waals surface area contributed by atoms with Crippen molar-refractivity contribution in [3.05, 3.63) is 58.8 Å². The van der Waals surface area contributed by atoms with E-state index in [0.29, 0.717) is 5.69 Å². The van der Waals surface area contributed by atoms with Gasteiger partial charge in [0.2, 0.25) is 0 Å². The molecule has 0 fully saturated rings. The minimum absolute atomic E-state index is 0.173. The van der Waals surface area contributed by atoms with E-state index in [1.165, 1.54) is 34.6 Å². The predicted octanol–water partition coefficient (Wildman–Crippen LogP) is 3.80. The van der Waals surface area contributed by atoms with Crippen LogP contribution >= 0.6 is 15.9 Å². The first-order chi connectivity index (χ1) is 9.45. The molecule has 0 spiro atoms. The minimum Gasteiger partial charge on any atom is -0.267 e. The van der Waals surface area contributed by atoms with Gasteiger partial charge in [-0.3, -0.25) is 4.31 Å². The summed E-state index contributed by atoms with van der Waals surface area (Å²) in [6.45, 7) is 1.93. The lowest BCUT2D eigenvalue weighted by Gasteiger charge is -2.23. The number of benzene rings is 2. The molecule has 2 aromatic rings. The molecule has 3 nitrogen and oxygen atoms in total. The van der Waals surface area contributed by atoms with Crippen molar-refractivity contribution in [3.63, 3.8) is 0 Å². The van der Waals surface area contributed by atoms with Crippen molar-refractivity contribution < 1.29 is 12.8 Å². The summed E-state index contributed by atoms with van der Waals surface area (Å²) in [6.07, 6.45) is 0. The molecular formula is C14H13BrFNO2S. The number of hydrogen-bond donors (Lipinski definition) is 0. The maximum absolute atomic E-state index is 13.3. The molecule has 2 aromatic carbocycles. The van der Waals surface area contributed by atoms with Gasteiger partial charge in [0.25, 0.3) is 10.0 Å². The summed E-state index contributed by atoms with van der Waals surface area (Å²) in [4.78, 5) is 0.173. The second-order valence-corrected chi connectivity index (χ2v) is 6.88. The van der Waals surface area contributed by atoms with Crippen molar-refractivity contribution in [2.75, 3.05) is 10.8 Å². The smallest absolute Gasteiger partial charge is 0.264 e. The third-order valence-corrected chi connectivity index (χ3v) is 5.23. The van der Waals surface area contributed by atoms with Gasteiger partial charge in [0, 0.05) is 11.0 Å².